The molecule has 1 aliphatic carbocycles. The highest BCUT2D eigenvalue weighted by molar-refractivity contribution is 5.75. The van der Waals surface area contributed by atoms with E-state index in [-0.39, 0.29) is 12.1 Å². The van der Waals surface area contributed by atoms with Crippen LogP contribution in [0.5, 0.6) is 5.88 Å². The normalized spacial score (nSPS) is 20.5. The van der Waals surface area contributed by atoms with Crippen LogP contribution in [0.15, 0.2) is 96.4 Å². The van der Waals surface area contributed by atoms with Gasteiger partial charge in [0.05, 0.1) is 0 Å². The average Bonchev–Trinajstić information content (AvgIpc) is 3.61. The minimum atomic E-state index is 0.0547. The molecule has 0 spiro atoms. The summed E-state index contributed by atoms with van der Waals surface area (Å²) >= 11 is 0. The predicted octanol–water partition coefficient (Wildman–Crippen LogP) is 6.07. The van der Waals surface area contributed by atoms with Crippen molar-refractivity contribution in [2.24, 2.45) is 0 Å². The number of nitrogens with one attached hydrogen (secondary N) is 1. The van der Waals surface area contributed by atoms with Crippen LogP contribution in [0.2, 0.25) is 0 Å². The van der Waals surface area contributed by atoms with Gasteiger partial charge in [-0.15, -0.1) is 0 Å². The number of rotatable bonds is 7. The number of benzene rings is 1. The van der Waals surface area contributed by atoms with Crippen molar-refractivity contribution in [2.75, 3.05) is 13.1 Å². The maximum absolute atomic E-state index is 12.7. The van der Waals surface area contributed by atoms with Gasteiger partial charge in [-0.25, -0.2) is 9.78 Å². The zero-order valence-corrected chi connectivity index (χ0v) is 20.0. The minimum absolute atomic E-state index is 0.0547. The number of ether oxygens (including phenoxy) is 1. The number of urea groups is 1. The molecule has 0 radical (unpaired) electrons. The van der Waals surface area contributed by atoms with E-state index >= 15 is 0 Å². The van der Waals surface area contributed by atoms with Crippen LogP contribution in [-0.2, 0) is 0 Å². The Morgan fingerprint density at radius 3 is 2.62 bits per heavy atom. The third-order valence-corrected chi connectivity index (χ3v) is 6.22. The van der Waals surface area contributed by atoms with Gasteiger partial charge in [-0.05, 0) is 55.9 Å². The highest BCUT2D eigenvalue weighted by Crippen LogP contribution is 2.40. The highest BCUT2D eigenvalue weighted by Gasteiger charge is 2.40. The standard InChI is InChI=1S/C29H33N3O2/c1-4-8-24(17-22(3)34-28-12-11-21(2)20-30-28)18-23-13-15-32(16-14-23)29(33)31-27-19-26(27)25-9-6-5-7-10-25/h4-12,17-18,20,26-27H,1,13-16,19H2,2-3H3,(H,31,33)/b22-17+,24-8+. The lowest BCUT2D eigenvalue weighted by molar-refractivity contribution is 0.193. The van der Waals surface area contributed by atoms with Crippen molar-refractivity contribution in [3.63, 3.8) is 0 Å². The second-order valence-electron chi connectivity index (χ2n) is 9.03. The fraction of sp³-hybridized carbons (Fsp3) is 0.310. The number of aryl methyl sites for hydroxylation is 1. The third-order valence-electron chi connectivity index (χ3n) is 6.22. The molecule has 5 nitrogen and oxygen atoms in total. The first-order valence-electron chi connectivity index (χ1n) is 11.9. The summed E-state index contributed by atoms with van der Waals surface area (Å²) in [6, 6.07) is 14.6. The summed E-state index contributed by atoms with van der Waals surface area (Å²) in [4.78, 5) is 19.0. The minimum Gasteiger partial charge on any atom is -0.444 e. The first-order valence-corrected chi connectivity index (χ1v) is 11.9. The molecular formula is C29H33N3O2. The predicted molar refractivity (Wildman–Crippen MR) is 137 cm³/mol. The monoisotopic (exact) mass is 455 g/mol. The molecule has 2 heterocycles. The Kier molecular flexibility index (Phi) is 7.63. The zero-order chi connectivity index (χ0) is 23.9. The Hall–Kier alpha value is -3.60. The van der Waals surface area contributed by atoms with E-state index in [1.54, 1.807) is 12.3 Å². The van der Waals surface area contributed by atoms with Crippen molar-refractivity contribution < 1.29 is 9.53 Å². The molecular weight excluding hydrogens is 422 g/mol. The highest BCUT2D eigenvalue weighted by atomic mass is 16.5. The van der Waals surface area contributed by atoms with Crippen LogP contribution < -0.4 is 10.1 Å². The number of nitrogens with zero attached hydrogens (tertiary/aromatic N) is 2. The van der Waals surface area contributed by atoms with E-state index in [1.807, 2.05) is 49.1 Å². The van der Waals surface area contributed by atoms with E-state index in [9.17, 15) is 4.79 Å². The number of carbonyl (C=O) groups excluding carboxylic acids is 1. The number of piperidine rings is 1. The average molecular weight is 456 g/mol. The largest absolute Gasteiger partial charge is 0.444 e. The molecule has 176 valence electrons. The van der Waals surface area contributed by atoms with Crippen molar-refractivity contribution >= 4 is 6.03 Å². The smallest absolute Gasteiger partial charge is 0.317 e. The van der Waals surface area contributed by atoms with Gasteiger partial charge in [0.15, 0.2) is 0 Å². The quantitative estimate of drug-likeness (QED) is 0.407. The molecule has 1 aromatic carbocycles. The number of carbonyl (C=O) groups is 1. The summed E-state index contributed by atoms with van der Waals surface area (Å²) in [7, 11) is 0. The Morgan fingerprint density at radius 1 is 1.18 bits per heavy atom. The molecule has 1 aliphatic heterocycles. The number of hydrogen-bond donors (Lipinski definition) is 1. The third kappa shape index (κ3) is 6.47. The summed E-state index contributed by atoms with van der Waals surface area (Å²) in [6.07, 6.45) is 12.5. The van der Waals surface area contributed by atoms with Crippen LogP contribution in [0.1, 0.15) is 43.2 Å². The van der Waals surface area contributed by atoms with Crippen LogP contribution in [-0.4, -0.2) is 35.0 Å². The number of likely N-dealkylation sites (tertiary alicyclic amines) is 1. The lowest BCUT2D eigenvalue weighted by atomic mass is 10.0. The molecule has 2 aliphatic rings. The van der Waals surface area contributed by atoms with Crippen LogP contribution in [0.25, 0.3) is 0 Å². The van der Waals surface area contributed by atoms with E-state index in [1.165, 1.54) is 11.1 Å². The number of aromatic nitrogens is 1. The Labute approximate surface area is 202 Å². The summed E-state index contributed by atoms with van der Waals surface area (Å²) in [6.45, 7) is 9.22. The summed E-state index contributed by atoms with van der Waals surface area (Å²) in [5.74, 6) is 1.79. The molecule has 2 fully saturated rings. The van der Waals surface area contributed by atoms with Crippen LogP contribution >= 0.6 is 0 Å². The van der Waals surface area contributed by atoms with E-state index < -0.39 is 0 Å². The Morgan fingerprint density at radius 2 is 1.94 bits per heavy atom. The molecule has 0 bridgehead atoms. The van der Waals surface area contributed by atoms with Gasteiger partial charge in [0.1, 0.15) is 5.76 Å². The fourth-order valence-corrected chi connectivity index (χ4v) is 4.27. The molecule has 1 N–H and O–H groups in total. The molecule has 2 amide bonds. The molecule has 2 atom stereocenters. The van der Waals surface area contributed by atoms with Crippen molar-refractivity contribution in [1.82, 2.24) is 15.2 Å². The van der Waals surface area contributed by atoms with Gasteiger partial charge in [-0.3, -0.25) is 0 Å². The molecule has 34 heavy (non-hydrogen) atoms. The molecule has 1 saturated carbocycles. The summed E-state index contributed by atoms with van der Waals surface area (Å²) in [5.41, 5.74) is 4.75. The number of pyridine rings is 1. The van der Waals surface area contributed by atoms with Gasteiger partial charge < -0.3 is 15.0 Å². The molecule has 1 saturated heterocycles. The Balaban J connectivity index is 1.29. The van der Waals surface area contributed by atoms with Crippen molar-refractivity contribution in [3.05, 3.63) is 108 Å². The fourth-order valence-electron chi connectivity index (χ4n) is 4.27. The van der Waals surface area contributed by atoms with E-state index in [2.05, 4.69) is 47.2 Å². The van der Waals surface area contributed by atoms with E-state index in [0.717, 1.165) is 49.2 Å². The zero-order valence-electron chi connectivity index (χ0n) is 20.0. The number of hydrogen-bond acceptors (Lipinski definition) is 3. The van der Waals surface area contributed by atoms with E-state index in [4.69, 9.17) is 4.74 Å². The van der Waals surface area contributed by atoms with Gasteiger partial charge in [-0.2, -0.15) is 0 Å². The number of amides is 2. The lowest BCUT2D eigenvalue weighted by Crippen LogP contribution is -2.44. The maximum atomic E-state index is 12.7. The van der Waals surface area contributed by atoms with Crippen LogP contribution in [0.4, 0.5) is 4.79 Å². The Bertz CT molecular complexity index is 1090. The van der Waals surface area contributed by atoms with Gasteiger partial charge in [0.25, 0.3) is 0 Å². The van der Waals surface area contributed by atoms with Gasteiger partial charge in [0.2, 0.25) is 5.88 Å². The van der Waals surface area contributed by atoms with Gasteiger partial charge in [-0.1, -0.05) is 66.8 Å². The topological polar surface area (TPSA) is 54.5 Å². The SMILES string of the molecule is C=C/C=C(C=C1CCN(C(=O)NC2CC2c2ccccc2)CC1)\C=C(/C)Oc1ccc(C)cn1. The first kappa shape index (κ1) is 23.6. The molecule has 4 rings (SSSR count). The molecule has 5 heteroatoms. The maximum Gasteiger partial charge on any atom is 0.317 e. The first-order chi connectivity index (χ1) is 16.5. The van der Waals surface area contributed by atoms with Gasteiger partial charge in [0, 0.05) is 37.3 Å². The van der Waals surface area contributed by atoms with Crippen LogP contribution in [0, 0.1) is 6.92 Å². The molecule has 2 aromatic rings. The molecule has 2 unspecified atom stereocenters. The van der Waals surface area contributed by atoms with E-state index in [0.29, 0.717) is 11.8 Å². The lowest BCUT2D eigenvalue weighted by Gasteiger charge is -2.29. The van der Waals surface area contributed by atoms with Crippen LogP contribution in [0.3, 0.4) is 0 Å². The second kappa shape index (κ2) is 11.0. The summed E-state index contributed by atoms with van der Waals surface area (Å²) < 4.78 is 5.85. The van der Waals surface area contributed by atoms with Crippen molar-refractivity contribution in [3.8, 4) is 5.88 Å². The number of allylic oxidation sites excluding steroid dienone is 6. The van der Waals surface area contributed by atoms with Crippen molar-refractivity contribution in [2.45, 2.75) is 45.1 Å². The second-order valence-corrected chi connectivity index (χ2v) is 9.03. The van der Waals surface area contributed by atoms with Crippen molar-refractivity contribution in [1.29, 1.82) is 0 Å². The molecule has 1 aromatic heterocycles. The van der Waals surface area contributed by atoms with Gasteiger partial charge >= 0.3 is 6.03 Å². The summed E-state index contributed by atoms with van der Waals surface area (Å²) in [5, 5.41) is 3.21.